The fourth-order valence-electron chi connectivity index (χ4n) is 4.39. The average molecular weight is 364 g/mol. The molecule has 0 spiro atoms. The Kier molecular flexibility index (Phi) is 3.91. The molecule has 1 saturated heterocycles. The van der Waals surface area contributed by atoms with Crippen molar-refractivity contribution in [2.75, 3.05) is 25.7 Å². The van der Waals surface area contributed by atoms with Gasteiger partial charge < -0.3 is 19.7 Å². The molecule has 4 rings (SSSR count). The number of anilines is 1. The Morgan fingerprint density at radius 3 is 2.59 bits per heavy atom. The molecule has 0 unspecified atom stereocenters. The molecule has 1 N–H and O–H groups in total. The number of para-hydroxylation sites is 2. The van der Waals surface area contributed by atoms with Gasteiger partial charge in [-0.3, -0.25) is 4.79 Å². The molecule has 2 aliphatic heterocycles. The van der Waals surface area contributed by atoms with E-state index in [1.807, 2.05) is 36.4 Å². The summed E-state index contributed by atoms with van der Waals surface area (Å²) in [5.41, 5.74) is 2.31. The first-order chi connectivity index (χ1) is 12.9. The Balaban J connectivity index is 1.83. The van der Waals surface area contributed by atoms with Crippen molar-refractivity contribution in [3.63, 3.8) is 0 Å². The summed E-state index contributed by atoms with van der Waals surface area (Å²) >= 11 is 0. The minimum absolute atomic E-state index is 0.0276. The van der Waals surface area contributed by atoms with Crippen LogP contribution in [-0.2, 0) is 10.2 Å². The van der Waals surface area contributed by atoms with E-state index in [1.54, 1.807) is 14.2 Å². The zero-order valence-electron chi connectivity index (χ0n) is 16.1. The van der Waals surface area contributed by atoms with E-state index < -0.39 is 5.66 Å². The maximum absolute atomic E-state index is 12.4. The zero-order valence-corrected chi connectivity index (χ0v) is 16.1. The van der Waals surface area contributed by atoms with E-state index in [2.05, 4.69) is 42.3 Å². The number of hydrogen-bond donors (Lipinski definition) is 1. The number of nitrogens with one attached hydrogen (secondary N) is 1. The number of carbonyl (C=O) groups is 1. The van der Waals surface area contributed by atoms with Gasteiger partial charge in [-0.1, -0.05) is 50.3 Å². The van der Waals surface area contributed by atoms with Crippen LogP contribution >= 0.6 is 0 Å². The van der Waals surface area contributed by atoms with Gasteiger partial charge in [-0.15, -0.1) is 0 Å². The molecule has 5 nitrogen and oxygen atoms in total. The number of methoxy groups -OCH3 is 2. The zero-order chi connectivity index (χ0) is 19.2. The highest BCUT2D eigenvalue weighted by Crippen LogP contribution is 2.52. The molecular weight excluding hydrogens is 340 g/mol. The number of rotatable bonds is 4. The van der Waals surface area contributed by atoms with E-state index in [-0.39, 0.29) is 11.3 Å². The smallest absolute Gasteiger partial charge is 0.241 e. The highest BCUT2D eigenvalue weighted by molar-refractivity contribution is 5.91. The summed E-state index contributed by atoms with van der Waals surface area (Å²) in [6.07, 6.45) is 4.09. The number of hydrogen-bond acceptors (Lipinski definition) is 4. The first-order valence-corrected chi connectivity index (χ1v) is 9.03. The fourth-order valence-corrected chi connectivity index (χ4v) is 4.39. The molecule has 5 heteroatoms. The number of ether oxygens (including phenoxy) is 2. The van der Waals surface area contributed by atoms with Crippen molar-refractivity contribution in [2.24, 2.45) is 0 Å². The quantitative estimate of drug-likeness (QED) is 0.904. The minimum Gasteiger partial charge on any atom is -0.493 e. The average Bonchev–Trinajstić information content (AvgIpc) is 3.10. The predicted octanol–water partition coefficient (Wildman–Crippen LogP) is 3.34. The maximum Gasteiger partial charge on any atom is 0.241 e. The third kappa shape index (κ3) is 2.34. The van der Waals surface area contributed by atoms with E-state index in [1.165, 1.54) is 5.56 Å². The van der Waals surface area contributed by atoms with Gasteiger partial charge in [0.05, 0.1) is 20.8 Å². The molecule has 2 aromatic carbocycles. The Hall–Kier alpha value is -2.95. The maximum atomic E-state index is 12.4. The second-order valence-corrected chi connectivity index (χ2v) is 7.46. The lowest BCUT2D eigenvalue weighted by Gasteiger charge is -2.40. The van der Waals surface area contributed by atoms with Crippen molar-refractivity contribution in [1.82, 2.24) is 5.32 Å². The molecule has 1 atom stereocenters. The lowest BCUT2D eigenvalue weighted by atomic mass is 9.75. The molecule has 27 heavy (non-hydrogen) atoms. The van der Waals surface area contributed by atoms with E-state index in [0.29, 0.717) is 18.0 Å². The van der Waals surface area contributed by atoms with Crippen molar-refractivity contribution in [3.05, 3.63) is 59.7 Å². The summed E-state index contributed by atoms with van der Waals surface area (Å²) in [4.78, 5) is 14.5. The van der Waals surface area contributed by atoms with Gasteiger partial charge in [0.15, 0.2) is 11.5 Å². The van der Waals surface area contributed by atoms with E-state index >= 15 is 0 Å². The second-order valence-electron chi connectivity index (χ2n) is 7.46. The lowest BCUT2D eigenvalue weighted by Crippen LogP contribution is -2.58. The lowest BCUT2D eigenvalue weighted by molar-refractivity contribution is -0.118. The first kappa shape index (κ1) is 17.5. The summed E-state index contributed by atoms with van der Waals surface area (Å²) in [6, 6.07) is 14.1. The SMILES string of the molecule is COc1cccc(/C=C/[C@]23NC(=O)CN2c2ccccc2C3(C)C)c1OC. The van der Waals surface area contributed by atoms with Gasteiger partial charge in [0, 0.05) is 16.7 Å². The minimum atomic E-state index is -0.623. The molecule has 0 saturated carbocycles. The number of amides is 1. The molecule has 0 bridgehead atoms. The van der Waals surface area contributed by atoms with Crippen molar-refractivity contribution in [2.45, 2.75) is 24.9 Å². The Morgan fingerprint density at radius 2 is 1.85 bits per heavy atom. The predicted molar refractivity (Wildman–Crippen MR) is 106 cm³/mol. The molecule has 1 fully saturated rings. The van der Waals surface area contributed by atoms with E-state index in [0.717, 1.165) is 11.3 Å². The molecular formula is C22H24N2O3. The molecule has 0 radical (unpaired) electrons. The van der Waals surface area contributed by atoms with Crippen LogP contribution in [0.1, 0.15) is 25.0 Å². The topological polar surface area (TPSA) is 50.8 Å². The van der Waals surface area contributed by atoms with Gasteiger partial charge in [-0.25, -0.2) is 0 Å². The molecule has 2 aromatic rings. The third-order valence-corrected chi connectivity index (χ3v) is 5.82. The summed E-state index contributed by atoms with van der Waals surface area (Å²) < 4.78 is 11.0. The second kappa shape index (κ2) is 6.05. The largest absolute Gasteiger partial charge is 0.493 e. The van der Waals surface area contributed by atoms with Gasteiger partial charge in [0.25, 0.3) is 0 Å². The van der Waals surface area contributed by atoms with Crippen molar-refractivity contribution < 1.29 is 14.3 Å². The molecule has 140 valence electrons. The number of nitrogens with zero attached hydrogens (tertiary/aromatic N) is 1. The third-order valence-electron chi connectivity index (χ3n) is 5.82. The van der Waals surface area contributed by atoms with E-state index in [4.69, 9.17) is 9.47 Å². The fraction of sp³-hybridized carbons (Fsp3) is 0.318. The highest BCUT2D eigenvalue weighted by Gasteiger charge is 2.59. The van der Waals surface area contributed by atoms with Crippen LogP contribution in [0.15, 0.2) is 48.5 Å². The Bertz CT molecular complexity index is 935. The molecule has 1 amide bonds. The number of benzene rings is 2. The summed E-state index contributed by atoms with van der Waals surface area (Å²) in [5, 5.41) is 3.23. The first-order valence-electron chi connectivity index (χ1n) is 9.03. The normalized spacial score (nSPS) is 22.5. The van der Waals surface area contributed by atoms with Gasteiger partial charge >= 0.3 is 0 Å². The van der Waals surface area contributed by atoms with Gasteiger partial charge in [-0.2, -0.15) is 0 Å². The van der Waals surface area contributed by atoms with Gasteiger partial charge in [0.1, 0.15) is 5.66 Å². The van der Waals surface area contributed by atoms with Crippen LogP contribution in [0.5, 0.6) is 11.5 Å². The van der Waals surface area contributed by atoms with Gasteiger partial charge in [-0.05, 0) is 23.8 Å². The van der Waals surface area contributed by atoms with Crippen LogP contribution in [0.4, 0.5) is 5.69 Å². The summed E-state index contributed by atoms with van der Waals surface area (Å²) in [5.74, 6) is 1.38. The van der Waals surface area contributed by atoms with Crippen LogP contribution < -0.4 is 19.7 Å². The Morgan fingerprint density at radius 1 is 1.07 bits per heavy atom. The van der Waals surface area contributed by atoms with E-state index in [9.17, 15) is 4.79 Å². The number of carbonyl (C=O) groups excluding carboxylic acids is 1. The van der Waals surface area contributed by atoms with Crippen molar-refractivity contribution in [1.29, 1.82) is 0 Å². The molecule has 0 aromatic heterocycles. The van der Waals surface area contributed by atoms with Crippen molar-refractivity contribution in [3.8, 4) is 11.5 Å². The standard InChI is InChI=1S/C22H24N2O3/c1-21(2)16-9-5-6-10-17(16)24-14-19(25)23-22(21,24)13-12-15-8-7-11-18(26-3)20(15)27-4/h5-13H,14H2,1-4H3,(H,23,25)/b13-12+/t22-/m0/s1. The van der Waals surface area contributed by atoms with Crippen LogP contribution in [0, 0.1) is 0 Å². The highest BCUT2D eigenvalue weighted by atomic mass is 16.5. The summed E-state index contributed by atoms with van der Waals surface area (Å²) in [7, 11) is 3.26. The van der Waals surface area contributed by atoms with Crippen LogP contribution in [-0.4, -0.2) is 32.3 Å². The molecule has 2 aliphatic rings. The van der Waals surface area contributed by atoms with Crippen LogP contribution in [0.2, 0.25) is 0 Å². The summed E-state index contributed by atoms with van der Waals surface area (Å²) in [6.45, 7) is 4.69. The van der Waals surface area contributed by atoms with Gasteiger partial charge in [0.2, 0.25) is 5.91 Å². The van der Waals surface area contributed by atoms with Crippen LogP contribution in [0.25, 0.3) is 6.08 Å². The monoisotopic (exact) mass is 364 g/mol. The molecule has 0 aliphatic carbocycles. The number of fused-ring (bicyclic) bond motifs is 3. The Labute approximate surface area is 159 Å². The van der Waals surface area contributed by atoms with Crippen molar-refractivity contribution >= 4 is 17.7 Å². The van der Waals surface area contributed by atoms with Crippen LogP contribution in [0.3, 0.4) is 0 Å². The molecule has 2 heterocycles.